The van der Waals surface area contributed by atoms with Crippen molar-refractivity contribution in [3.63, 3.8) is 0 Å². The van der Waals surface area contributed by atoms with Crippen LogP contribution in [0.4, 0.5) is 0 Å². The number of nitrogens with one attached hydrogen (secondary N) is 4. The standard InChI is InChI=1S/C27H47N5O12S/c1-4-24(37)43-14-19(44-25(38)5-2)16-45-17-20(28)26(39)32-21(13-33)27(40)30-8-11-42-15-23(36)29-7-10-41-9-6-22(35)31-12-18(3)34/h19-21,33H,4-17,28H2,1-3H3,(H,29,36)(H,30,40)(H,31,35)(H,32,39). The summed E-state index contributed by atoms with van der Waals surface area (Å²) in [5, 5.41) is 19.4. The van der Waals surface area contributed by atoms with E-state index in [1.165, 1.54) is 18.7 Å². The number of nitrogens with two attached hydrogens (primary N) is 1. The summed E-state index contributed by atoms with van der Waals surface area (Å²) in [5.74, 6) is -2.87. The van der Waals surface area contributed by atoms with Crippen molar-refractivity contribution in [1.29, 1.82) is 0 Å². The molecule has 0 aromatic carbocycles. The van der Waals surface area contributed by atoms with E-state index in [0.717, 1.165) is 0 Å². The Bertz CT molecular complexity index is 955. The highest BCUT2D eigenvalue weighted by Gasteiger charge is 2.24. The third kappa shape index (κ3) is 22.8. The zero-order chi connectivity index (χ0) is 34.0. The van der Waals surface area contributed by atoms with Crippen molar-refractivity contribution in [2.24, 2.45) is 5.73 Å². The Balaban J connectivity index is 4.20. The van der Waals surface area contributed by atoms with Crippen LogP contribution in [0.5, 0.6) is 0 Å². The summed E-state index contributed by atoms with van der Waals surface area (Å²) in [5.41, 5.74) is 5.91. The number of amides is 4. The van der Waals surface area contributed by atoms with Gasteiger partial charge in [-0.15, -0.1) is 0 Å². The molecule has 0 rings (SSSR count). The van der Waals surface area contributed by atoms with Crippen molar-refractivity contribution in [2.75, 3.05) is 70.8 Å². The molecule has 3 unspecified atom stereocenters. The van der Waals surface area contributed by atoms with E-state index in [4.69, 9.17) is 24.7 Å². The van der Waals surface area contributed by atoms with Gasteiger partial charge in [0, 0.05) is 43.9 Å². The molecule has 0 heterocycles. The Kier molecular flexibility index (Phi) is 24.0. The van der Waals surface area contributed by atoms with E-state index in [2.05, 4.69) is 21.3 Å². The average molecular weight is 666 g/mol. The number of esters is 2. The molecule has 0 spiro atoms. The van der Waals surface area contributed by atoms with E-state index in [1.807, 2.05) is 0 Å². The summed E-state index contributed by atoms with van der Waals surface area (Å²) in [4.78, 5) is 81.9. The van der Waals surface area contributed by atoms with Gasteiger partial charge in [-0.2, -0.15) is 11.8 Å². The molecule has 0 aliphatic heterocycles. The fourth-order valence-electron chi connectivity index (χ4n) is 2.97. The highest BCUT2D eigenvalue weighted by molar-refractivity contribution is 7.99. The fourth-order valence-corrected chi connectivity index (χ4v) is 3.94. The third-order valence-corrected chi connectivity index (χ3v) is 6.62. The second-order valence-corrected chi connectivity index (χ2v) is 10.5. The van der Waals surface area contributed by atoms with Gasteiger partial charge in [0.15, 0.2) is 0 Å². The topological polar surface area (TPSA) is 251 Å². The van der Waals surface area contributed by atoms with Crippen LogP contribution in [-0.4, -0.2) is 135 Å². The molecule has 17 nitrogen and oxygen atoms in total. The zero-order valence-electron chi connectivity index (χ0n) is 26.1. The third-order valence-electron chi connectivity index (χ3n) is 5.41. The van der Waals surface area contributed by atoms with Crippen LogP contribution < -0.4 is 27.0 Å². The quantitative estimate of drug-likeness (QED) is 0.0402. The van der Waals surface area contributed by atoms with Crippen molar-refractivity contribution in [3.8, 4) is 0 Å². The van der Waals surface area contributed by atoms with Crippen LogP contribution in [0.15, 0.2) is 0 Å². The van der Waals surface area contributed by atoms with E-state index >= 15 is 0 Å². The maximum absolute atomic E-state index is 12.4. The van der Waals surface area contributed by atoms with Gasteiger partial charge >= 0.3 is 11.9 Å². The highest BCUT2D eigenvalue weighted by atomic mass is 32.2. The number of ether oxygens (including phenoxy) is 4. The van der Waals surface area contributed by atoms with E-state index in [9.17, 15) is 38.7 Å². The molecule has 0 aliphatic rings. The van der Waals surface area contributed by atoms with Crippen molar-refractivity contribution >= 4 is 53.1 Å². The Hall–Kier alpha value is -3.32. The average Bonchev–Trinajstić information content (AvgIpc) is 3.01. The molecule has 0 saturated heterocycles. The van der Waals surface area contributed by atoms with Gasteiger partial charge in [0.25, 0.3) is 0 Å². The van der Waals surface area contributed by atoms with Gasteiger partial charge in [-0.25, -0.2) is 0 Å². The summed E-state index contributed by atoms with van der Waals surface area (Å²) in [6, 6.07) is -2.33. The van der Waals surface area contributed by atoms with Crippen LogP contribution in [0.3, 0.4) is 0 Å². The number of Topliss-reactive ketones (excluding diaryl/α,β-unsaturated/α-hetero) is 1. The van der Waals surface area contributed by atoms with Gasteiger partial charge in [-0.05, 0) is 6.92 Å². The van der Waals surface area contributed by atoms with Gasteiger partial charge in [-0.1, -0.05) is 13.8 Å². The summed E-state index contributed by atoms with van der Waals surface area (Å²) >= 11 is 1.19. The van der Waals surface area contributed by atoms with Gasteiger partial charge in [0.2, 0.25) is 23.6 Å². The number of hydrogen-bond donors (Lipinski definition) is 6. The van der Waals surface area contributed by atoms with E-state index in [0.29, 0.717) is 0 Å². The Morgan fingerprint density at radius 2 is 1.49 bits per heavy atom. The SMILES string of the molecule is CCC(=O)OCC(CSCC(N)C(=O)NC(CO)C(=O)NCCOCC(=O)NCCOCCC(=O)NCC(C)=O)OC(=O)CC. The predicted molar refractivity (Wildman–Crippen MR) is 162 cm³/mol. The lowest BCUT2D eigenvalue weighted by molar-refractivity contribution is -0.157. The lowest BCUT2D eigenvalue weighted by atomic mass is 10.2. The number of rotatable bonds is 26. The Morgan fingerprint density at radius 1 is 0.822 bits per heavy atom. The van der Waals surface area contributed by atoms with Crippen LogP contribution in [0.1, 0.15) is 40.0 Å². The predicted octanol–water partition coefficient (Wildman–Crippen LogP) is -2.84. The highest BCUT2D eigenvalue weighted by Crippen LogP contribution is 2.10. The number of hydrogen-bond acceptors (Lipinski definition) is 14. The molecule has 7 N–H and O–H groups in total. The van der Waals surface area contributed by atoms with Crippen molar-refractivity contribution in [1.82, 2.24) is 21.3 Å². The summed E-state index contributed by atoms with van der Waals surface area (Å²) < 4.78 is 20.7. The number of aliphatic hydroxyl groups excluding tert-OH is 1. The Labute approximate surface area is 266 Å². The van der Waals surface area contributed by atoms with Gasteiger partial charge in [-0.3, -0.25) is 33.6 Å². The molecule has 4 amide bonds. The van der Waals surface area contributed by atoms with Crippen LogP contribution in [0.2, 0.25) is 0 Å². The number of thioether (sulfide) groups is 1. The molecule has 258 valence electrons. The number of aliphatic hydroxyl groups is 1. The number of carbonyl (C=O) groups is 7. The van der Waals surface area contributed by atoms with E-state index < -0.39 is 54.5 Å². The fraction of sp³-hybridized carbons (Fsp3) is 0.741. The van der Waals surface area contributed by atoms with Crippen LogP contribution in [0.25, 0.3) is 0 Å². The maximum atomic E-state index is 12.4. The molecule has 0 bridgehead atoms. The first kappa shape index (κ1) is 41.7. The van der Waals surface area contributed by atoms with Crippen LogP contribution in [0, 0.1) is 0 Å². The van der Waals surface area contributed by atoms with Crippen LogP contribution >= 0.6 is 11.8 Å². The van der Waals surface area contributed by atoms with Gasteiger partial charge in [0.1, 0.15) is 31.1 Å². The lowest BCUT2D eigenvalue weighted by Gasteiger charge is -2.20. The molecule has 0 radical (unpaired) electrons. The maximum Gasteiger partial charge on any atom is 0.305 e. The molecular weight excluding hydrogens is 618 g/mol. The molecular formula is C27H47N5O12S. The minimum Gasteiger partial charge on any atom is -0.462 e. The summed E-state index contributed by atoms with van der Waals surface area (Å²) in [6.45, 7) is 3.95. The number of carbonyl (C=O) groups excluding carboxylic acids is 7. The molecule has 0 saturated carbocycles. The normalized spacial score (nSPS) is 12.6. The molecule has 0 fully saturated rings. The molecule has 0 aliphatic carbocycles. The zero-order valence-corrected chi connectivity index (χ0v) is 26.9. The van der Waals surface area contributed by atoms with Crippen molar-refractivity contribution in [3.05, 3.63) is 0 Å². The second kappa shape index (κ2) is 26.0. The van der Waals surface area contributed by atoms with E-state index in [1.54, 1.807) is 13.8 Å². The van der Waals surface area contributed by atoms with Crippen molar-refractivity contribution in [2.45, 2.75) is 58.2 Å². The van der Waals surface area contributed by atoms with Crippen LogP contribution in [-0.2, 0) is 52.5 Å². The minimum atomic E-state index is -1.27. The first-order chi connectivity index (χ1) is 21.4. The minimum absolute atomic E-state index is 0.00430. The molecule has 0 aromatic rings. The first-order valence-electron chi connectivity index (χ1n) is 14.5. The lowest BCUT2D eigenvalue weighted by Crippen LogP contribution is -2.54. The van der Waals surface area contributed by atoms with Gasteiger partial charge < -0.3 is 51.1 Å². The summed E-state index contributed by atoms with van der Waals surface area (Å²) in [6.07, 6.45) is -0.320. The Morgan fingerprint density at radius 3 is 2.13 bits per heavy atom. The number of ketones is 1. The van der Waals surface area contributed by atoms with Gasteiger partial charge in [0.05, 0.1) is 39.0 Å². The monoisotopic (exact) mass is 665 g/mol. The first-order valence-corrected chi connectivity index (χ1v) is 15.6. The van der Waals surface area contributed by atoms with E-state index in [-0.39, 0.29) is 95.1 Å². The smallest absolute Gasteiger partial charge is 0.305 e. The molecule has 0 aromatic heterocycles. The van der Waals surface area contributed by atoms with Crippen molar-refractivity contribution < 1.29 is 57.6 Å². The molecule has 18 heteroatoms. The second-order valence-electron chi connectivity index (χ2n) is 9.42. The summed E-state index contributed by atoms with van der Waals surface area (Å²) in [7, 11) is 0. The molecule has 45 heavy (non-hydrogen) atoms. The largest absolute Gasteiger partial charge is 0.462 e. The molecule has 3 atom stereocenters.